The summed E-state index contributed by atoms with van der Waals surface area (Å²) < 4.78 is 0. The quantitative estimate of drug-likeness (QED) is 0.530. The molecular formula is C31H43N3O. The number of benzene rings is 2. The largest absolute Gasteiger partial charge is 0.337 e. The highest BCUT2D eigenvalue weighted by Gasteiger charge is 2.54. The molecule has 35 heavy (non-hydrogen) atoms. The van der Waals surface area contributed by atoms with E-state index in [1.807, 2.05) is 0 Å². The lowest BCUT2D eigenvalue weighted by molar-refractivity contribution is -0.135. The molecule has 1 aliphatic carbocycles. The average Bonchev–Trinajstić information content (AvgIpc) is 3.21. The molecule has 4 heteroatoms. The van der Waals surface area contributed by atoms with Crippen molar-refractivity contribution in [1.29, 1.82) is 0 Å². The van der Waals surface area contributed by atoms with Crippen LogP contribution in [-0.2, 0) is 4.79 Å². The standard InChI is InChI=1S/C31H43N3O/c1-3-32(4-2)24-29(35)34-21-18-31(33-19-12-7-13-20-33)22-27(25-14-8-5-9-15-25)30(34)28(23-31)26-16-10-6-11-17-26/h5-6,8-11,14-17,27-28,30H,3-4,7,12-13,18-24H2,1-2H3/t27-,28-,30?,31?/m0/s1. The number of likely N-dealkylation sites (N-methyl/N-ethyl adjacent to an activating group) is 1. The van der Waals surface area contributed by atoms with Crippen molar-refractivity contribution in [2.75, 3.05) is 39.3 Å². The van der Waals surface area contributed by atoms with E-state index in [1.54, 1.807) is 0 Å². The molecule has 2 aromatic carbocycles. The van der Waals surface area contributed by atoms with E-state index in [4.69, 9.17) is 0 Å². The Morgan fingerprint density at radius 3 is 1.89 bits per heavy atom. The second kappa shape index (κ2) is 10.8. The second-order valence-electron chi connectivity index (χ2n) is 11.0. The Labute approximate surface area is 212 Å². The van der Waals surface area contributed by atoms with Crippen LogP contribution in [0.25, 0.3) is 0 Å². The summed E-state index contributed by atoms with van der Waals surface area (Å²) in [4.78, 5) is 21.4. The molecule has 3 aliphatic heterocycles. The van der Waals surface area contributed by atoms with Crippen molar-refractivity contribution in [3.63, 3.8) is 0 Å². The van der Waals surface area contributed by atoms with Crippen LogP contribution in [0.1, 0.15) is 75.3 Å². The van der Waals surface area contributed by atoms with Crippen LogP contribution in [0.3, 0.4) is 0 Å². The van der Waals surface area contributed by atoms with E-state index < -0.39 is 0 Å². The second-order valence-corrected chi connectivity index (χ2v) is 11.0. The molecule has 188 valence electrons. The smallest absolute Gasteiger partial charge is 0.237 e. The molecule has 3 heterocycles. The van der Waals surface area contributed by atoms with Crippen molar-refractivity contribution in [3.8, 4) is 0 Å². The highest BCUT2D eigenvalue weighted by molar-refractivity contribution is 5.79. The first-order chi connectivity index (χ1) is 17.1. The van der Waals surface area contributed by atoms with Gasteiger partial charge in [0.25, 0.3) is 0 Å². The first-order valence-corrected chi connectivity index (χ1v) is 14.0. The Morgan fingerprint density at radius 2 is 1.37 bits per heavy atom. The number of rotatable bonds is 7. The van der Waals surface area contributed by atoms with Gasteiger partial charge in [-0.3, -0.25) is 14.6 Å². The summed E-state index contributed by atoms with van der Waals surface area (Å²) in [6.45, 7) is 10.00. The van der Waals surface area contributed by atoms with Gasteiger partial charge in [0.1, 0.15) is 0 Å². The lowest BCUT2D eigenvalue weighted by Crippen LogP contribution is -2.56. The van der Waals surface area contributed by atoms with E-state index in [2.05, 4.69) is 89.2 Å². The normalized spacial score (nSPS) is 29.3. The van der Waals surface area contributed by atoms with Gasteiger partial charge in [0.15, 0.2) is 0 Å². The summed E-state index contributed by atoms with van der Waals surface area (Å²) in [6, 6.07) is 22.4. The topological polar surface area (TPSA) is 26.8 Å². The molecule has 2 aromatic rings. The van der Waals surface area contributed by atoms with Crippen LogP contribution in [0.4, 0.5) is 0 Å². The number of likely N-dealkylation sites (tertiary alicyclic amines) is 1. The molecule has 0 aromatic heterocycles. The summed E-state index contributed by atoms with van der Waals surface area (Å²) in [7, 11) is 0. The first-order valence-electron chi connectivity index (χ1n) is 14.0. The molecule has 2 atom stereocenters. The Morgan fingerprint density at radius 1 is 0.829 bits per heavy atom. The number of hydrogen-bond donors (Lipinski definition) is 0. The summed E-state index contributed by atoms with van der Waals surface area (Å²) in [5.74, 6) is 1.04. The number of nitrogens with zero attached hydrogens (tertiary/aromatic N) is 3. The molecule has 6 rings (SSSR count). The summed E-state index contributed by atoms with van der Waals surface area (Å²) in [6.07, 6.45) is 7.40. The lowest BCUT2D eigenvalue weighted by atomic mass is 9.63. The zero-order chi connectivity index (χ0) is 24.3. The molecular weight excluding hydrogens is 430 g/mol. The van der Waals surface area contributed by atoms with Gasteiger partial charge in [0, 0.05) is 30.0 Å². The number of carbonyl (C=O) groups is 1. The van der Waals surface area contributed by atoms with Gasteiger partial charge in [0.05, 0.1) is 6.54 Å². The Bertz CT molecular complexity index is 902. The number of amides is 1. The minimum Gasteiger partial charge on any atom is -0.337 e. The molecule has 4 aliphatic rings. The van der Waals surface area contributed by atoms with Crippen LogP contribution in [0.15, 0.2) is 60.7 Å². The zero-order valence-electron chi connectivity index (χ0n) is 21.7. The van der Waals surface area contributed by atoms with E-state index in [0.29, 0.717) is 24.3 Å². The van der Waals surface area contributed by atoms with Crippen molar-refractivity contribution in [3.05, 3.63) is 71.8 Å². The predicted molar refractivity (Wildman–Crippen MR) is 144 cm³/mol. The van der Waals surface area contributed by atoms with Crippen molar-refractivity contribution in [1.82, 2.24) is 14.7 Å². The number of carbonyl (C=O) groups excluding carboxylic acids is 1. The molecule has 3 saturated heterocycles. The van der Waals surface area contributed by atoms with Gasteiger partial charge in [-0.2, -0.15) is 0 Å². The number of hydrogen-bond acceptors (Lipinski definition) is 3. The zero-order valence-corrected chi connectivity index (χ0v) is 21.7. The average molecular weight is 474 g/mol. The maximum atomic E-state index is 14.0. The maximum absolute atomic E-state index is 14.0. The summed E-state index contributed by atoms with van der Waals surface area (Å²) in [5.41, 5.74) is 2.98. The molecule has 0 N–H and O–H groups in total. The summed E-state index contributed by atoms with van der Waals surface area (Å²) >= 11 is 0. The van der Waals surface area contributed by atoms with Gasteiger partial charge in [-0.05, 0) is 69.4 Å². The van der Waals surface area contributed by atoms with Crippen LogP contribution in [0.2, 0.25) is 0 Å². The number of fused-ring (bicyclic) bond motifs is 4. The third-order valence-corrected chi connectivity index (χ3v) is 9.26. The number of piperidine rings is 1. The maximum Gasteiger partial charge on any atom is 0.237 e. The van der Waals surface area contributed by atoms with Crippen molar-refractivity contribution in [2.24, 2.45) is 0 Å². The molecule has 1 saturated carbocycles. The van der Waals surface area contributed by atoms with Crippen LogP contribution < -0.4 is 0 Å². The van der Waals surface area contributed by atoms with Crippen LogP contribution >= 0.6 is 0 Å². The monoisotopic (exact) mass is 473 g/mol. The third kappa shape index (κ3) is 4.93. The van der Waals surface area contributed by atoms with E-state index in [0.717, 1.165) is 26.1 Å². The van der Waals surface area contributed by atoms with Crippen molar-refractivity contribution in [2.45, 2.75) is 75.8 Å². The minimum absolute atomic E-state index is 0.169. The highest BCUT2D eigenvalue weighted by atomic mass is 16.2. The first kappa shape index (κ1) is 24.5. The van der Waals surface area contributed by atoms with Gasteiger partial charge in [-0.1, -0.05) is 80.9 Å². The van der Waals surface area contributed by atoms with E-state index in [1.165, 1.54) is 56.3 Å². The van der Waals surface area contributed by atoms with E-state index in [9.17, 15) is 4.79 Å². The Kier molecular flexibility index (Phi) is 7.59. The van der Waals surface area contributed by atoms with Gasteiger partial charge in [-0.15, -0.1) is 0 Å². The fraction of sp³-hybridized carbons (Fsp3) is 0.581. The van der Waals surface area contributed by atoms with Gasteiger partial charge >= 0.3 is 0 Å². The molecule has 0 radical (unpaired) electrons. The van der Waals surface area contributed by atoms with Gasteiger partial charge in [0.2, 0.25) is 5.91 Å². The molecule has 4 nitrogen and oxygen atoms in total. The molecule has 2 bridgehead atoms. The van der Waals surface area contributed by atoms with Gasteiger partial charge < -0.3 is 4.90 Å². The fourth-order valence-electron chi connectivity index (χ4n) is 7.38. The predicted octanol–water partition coefficient (Wildman–Crippen LogP) is 5.52. The SMILES string of the molecule is CCN(CC)CC(=O)N1CCC2(N3CCCCC3)C[C@@H](c3ccccc3)C1[C@H](c1ccccc1)C2. The Hall–Kier alpha value is -2.17. The van der Waals surface area contributed by atoms with Crippen LogP contribution in [0, 0.1) is 0 Å². The van der Waals surface area contributed by atoms with Crippen molar-refractivity contribution >= 4 is 5.91 Å². The molecule has 1 amide bonds. The fourth-order valence-corrected chi connectivity index (χ4v) is 7.38. The van der Waals surface area contributed by atoms with Crippen LogP contribution in [-0.4, -0.2) is 71.5 Å². The van der Waals surface area contributed by atoms with Crippen molar-refractivity contribution < 1.29 is 4.79 Å². The lowest BCUT2D eigenvalue weighted by Gasteiger charge is -2.53. The Balaban J connectivity index is 1.60. The third-order valence-electron chi connectivity index (χ3n) is 9.26. The minimum atomic E-state index is 0.169. The highest BCUT2D eigenvalue weighted by Crippen LogP contribution is 2.54. The summed E-state index contributed by atoms with van der Waals surface area (Å²) in [5, 5.41) is 0. The molecule has 0 spiro atoms. The van der Waals surface area contributed by atoms with E-state index >= 15 is 0 Å². The van der Waals surface area contributed by atoms with E-state index in [-0.39, 0.29) is 11.6 Å². The van der Waals surface area contributed by atoms with Crippen LogP contribution in [0.5, 0.6) is 0 Å². The molecule has 0 unspecified atom stereocenters. The molecule has 4 fully saturated rings. The van der Waals surface area contributed by atoms with Gasteiger partial charge in [-0.25, -0.2) is 0 Å².